The molecule has 0 bridgehead atoms. The number of thioether (sulfide) groups is 1. The van der Waals surface area contributed by atoms with Gasteiger partial charge in [-0.05, 0) is 26.0 Å². The van der Waals surface area contributed by atoms with Gasteiger partial charge in [-0.25, -0.2) is 4.98 Å². The van der Waals surface area contributed by atoms with Crippen LogP contribution < -0.4 is 5.32 Å². The highest BCUT2D eigenvalue weighted by atomic mass is 32.2. The molecule has 1 N–H and O–H groups in total. The molecule has 0 unspecified atom stereocenters. The van der Waals surface area contributed by atoms with E-state index in [1.807, 2.05) is 0 Å². The van der Waals surface area contributed by atoms with Crippen LogP contribution in [0, 0.1) is 0 Å². The van der Waals surface area contributed by atoms with E-state index in [0.717, 1.165) is 24.0 Å². The van der Waals surface area contributed by atoms with Crippen LogP contribution in [-0.2, 0) is 20.6 Å². The summed E-state index contributed by atoms with van der Waals surface area (Å²) in [4.78, 5) is 42.7. The monoisotopic (exact) mass is 418 g/mol. The molecule has 3 amide bonds. The highest BCUT2D eigenvalue weighted by molar-refractivity contribution is 7.99. The number of alkyl halides is 3. The molecule has 1 fully saturated rings. The highest BCUT2D eigenvalue weighted by Gasteiger charge is 2.31. The first-order valence-corrected chi connectivity index (χ1v) is 9.60. The smallest absolute Gasteiger partial charge is 0.346 e. The molecule has 0 atom stereocenters. The van der Waals surface area contributed by atoms with E-state index < -0.39 is 23.6 Å². The molecule has 11 heteroatoms. The van der Waals surface area contributed by atoms with Gasteiger partial charge in [0, 0.05) is 38.4 Å². The Morgan fingerprint density at radius 2 is 1.75 bits per heavy atom. The van der Waals surface area contributed by atoms with Crippen molar-refractivity contribution in [2.24, 2.45) is 0 Å². The number of aromatic nitrogens is 1. The van der Waals surface area contributed by atoms with Gasteiger partial charge in [0.1, 0.15) is 0 Å². The molecule has 1 aliphatic rings. The van der Waals surface area contributed by atoms with Gasteiger partial charge in [0.05, 0.1) is 16.3 Å². The topological polar surface area (TPSA) is 82.6 Å². The summed E-state index contributed by atoms with van der Waals surface area (Å²) in [5, 5.41) is 2.85. The summed E-state index contributed by atoms with van der Waals surface area (Å²) in [5.74, 6) is -1.46. The number of nitrogens with zero attached hydrogens (tertiary/aromatic N) is 3. The average Bonchev–Trinajstić information content (AvgIpc) is 2.64. The van der Waals surface area contributed by atoms with Crippen LogP contribution >= 0.6 is 11.8 Å². The van der Waals surface area contributed by atoms with Crippen LogP contribution in [-0.4, -0.2) is 70.5 Å². The van der Waals surface area contributed by atoms with Crippen LogP contribution in [0.25, 0.3) is 0 Å². The van der Waals surface area contributed by atoms with E-state index in [1.54, 1.807) is 18.7 Å². The number of halogens is 3. The fourth-order valence-electron chi connectivity index (χ4n) is 2.49. The molecule has 2 rings (SSSR count). The number of piperazine rings is 1. The molecule has 0 spiro atoms. The zero-order chi connectivity index (χ0) is 20.9. The lowest BCUT2D eigenvalue weighted by atomic mass is 10.3. The molecule has 1 saturated heterocycles. The predicted molar refractivity (Wildman–Crippen MR) is 96.4 cm³/mol. The largest absolute Gasteiger partial charge is 0.417 e. The van der Waals surface area contributed by atoms with Crippen molar-refractivity contribution >= 4 is 29.5 Å². The molecule has 0 aliphatic carbocycles. The first kappa shape index (κ1) is 22.0. The maximum Gasteiger partial charge on any atom is 0.417 e. The maximum atomic E-state index is 12.5. The van der Waals surface area contributed by atoms with Crippen LogP contribution in [0.4, 0.5) is 13.2 Å². The van der Waals surface area contributed by atoms with Crippen LogP contribution in [0.1, 0.15) is 19.4 Å². The fourth-order valence-corrected chi connectivity index (χ4v) is 3.23. The second-order valence-corrected chi connectivity index (χ2v) is 7.47. The molecule has 0 aromatic carbocycles. The van der Waals surface area contributed by atoms with Crippen LogP contribution in [0.15, 0.2) is 23.4 Å². The molecule has 1 aliphatic heterocycles. The van der Waals surface area contributed by atoms with Crippen molar-refractivity contribution < 1.29 is 27.6 Å². The van der Waals surface area contributed by atoms with Gasteiger partial charge in [0.15, 0.2) is 0 Å². The number of pyridine rings is 1. The van der Waals surface area contributed by atoms with Gasteiger partial charge in [-0.3, -0.25) is 14.4 Å². The van der Waals surface area contributed by atoms with Crippen molar-refractivity contribution in [1.29, 1.82) is 0 Å². The molecule has 28 heavy (non-hydrogen) atoms. The summed E-state index contributed by atoms with van der Waals surface area (Å²) in [6.45, 7) is 4.59. The summed E-state index contributed by atoms with van der Waals surface area (Å²) in [6.07, 6.45) is -3.71. The summed E-state index contributed by atoms with van der Waals surface area (Å²) in [7, 11) is 0. The molecule has 0 radical (unpaired) electrons. The number of rotatable bonds is 4. The third-order valence-electron chi connectivity index (χ3n) is 3.94. The van der Waals surface area contributed by atoms with Gasteiger partial charge in [-0.15, -0.1) is 0 Å². The molecule has 154 valence electrons. The Morgan fingerprint density at radius 3 is 2.25 bits per heavy atom. The molecule has 1 aromatic heterocycles. The minimum absolute atomic E-state index is 0.0279. The van der Waals surface area contributed by atoms with Crippen molar-refractivity contribution in [2.75, 3.05) is 31.9 Å². The average molecular weight is 418 g/mol. The number of carbonyl (C=O) groups excluding carboxylic acids is 3. The van der Waals surface area contributed by atoms with Gasteiger partial charge in [-0.2, -0.15) is 13.2 Å². The Morgan fingerprint density at radius 1 is 1.14 bits per heavy atom. The number of amides is 3. The molecule has 1 aromatic rings. The van der Waals surface area contributed by atoms with Crippen LogP contribution in [0.2, 0.25) is 0 Å². The van der Waals surface area contributed by atoms with Crippen molar-refractivity contribution in [1.82, 2.24) is 20.1 Å². The lowest BCUT2D eigenvalue weighted by Crippen LogP contribution is -2.54. The SMILES string of the molecule is CC(C)NC(=O)C(=O)N1CCN(C(=O)CSc2ccc(C(F)(F)F)cn2)CC1. The predicted octanol–water partition coefficient (Wildman–Crippen LogP) is 1.39. The zero-order valence-electron chi connectivity index (χ0n) is 15.5. The van der Waals surface area contributed by atoms with E-state index in [1.165, 1.54) is 11.0 Å². The minimum atomic E-state index is -4.45. The Bertz CT molecular complexity index is 717. The van der Waals surface area contributed by atoms with Gasteiger partial charge in [0.25, 0.3) is 0 Å². The summed E-state index contributed by atoms with van der Waals surface area (Å²) in [6, 6.07) is 2.01. The Balaban J connectivity index is 1.79. The Hall–Kier alpha value is -2.30. The van der Waals surface area contributed by atoms with E-state index in [9.17, 15) is 27.6 Å². The van der Waals surface area contributed by atoms with E-state index in [2.05, 4.69) is 10.3 Å². The summed E-state index contributed by atoms with van der Waals surface area (Å²) >= 11 is 1.05. The quantitative estimate of drug-likeness (QED) is 0.590. The van der Waals surface area contributed by atoms with Gasteiger partial charge >= 0.3 is 18.0 Å². The second kappa shape index (κ2) is 9.26. The molecule has 7 nitrogen and oxygen atoms in total. The number of carbonyl (C=O) groups is 3. The van der Waals surface area contributed by atoms with Crippen molar-refractivity contribution in [3.63, 3.8) is 0 Å². The zero-order valence-corrected chi connectivity index (χ0v) is 16.3. The third kappa shape index (κ3) is 6.11. The standard InChI is InChI=1S/C17H21F3N4O3S/c1-11(2)22-15(26)16(27)24-7-5-23(6-8-24)14(25)10-28-13-4-3-12(9-21-13)17(18,19)20/h3-4,9,11H,5-8,10H2,1-2H3,(H,22,26). The maximum absolute atomic E-state index is 12.5. The third-order valence-corrected chi connectivity index (χ3v) is 4.87. The lowest BCUT2D eigenvalue weighted by Gasteiger charge is -2.34. The molecular weight excluding hydrogens is 397 g/mol. The number of hydrogen-bond donors (Lipinski definition) is 1. The number of nitrogens with one attached hydrogen (secondary N) is 1. The minimum Gasteiger partial charge on any atom is -0.346 e. The van der Waals surface area contributed by atoms with Gasteiger partial charge in [-0.1, -0.05) is 11.8 Å². The van der Waals surface area contributed by atoms with E-state index in [-0.39, 0.29) is 30.8 Å². The van der Waals surface area contributed by atoms with E-state index in [4.69, 9.17) is 0 Å². The highest BCUT2D eigenvalue weighted by Crippen LogP contribution is 2.29. The molecule has 2 heterocycles. The van der Waals surface area contributed by atoms with Gasteiger partial charge in [0.2, 0.25) is 5.91 Å². The van der Waals surface area contributed by atoms with E-state index >= 15 is 0 Å². The van der Waals surface area contributed by atoms with Crippen molar-refractivity contribution in [3.05, 3.63) is 23.9 Å². The number of hydrogen-bond acceptors (Lipinski definition) is 5. The van der Waals surface area contributed by atoms with Crippen molar-refractivity contribution in [2.45, 2.75) is 31.1 Å². The molecule has 0 saturated carbocycles. The lowest BCUT2D eigenvalue weighted by molar-refractivity contribution is -0.148. The normalized spacial score (nSPS) is 14.9. The Labute approximate surface area is 164 Å². The van der Waals surface area contributed by atoms with Crippen LogP contribution in [0.3, 0.4) is 0 Å². The second-order valence-electron chi connectivity index (χ2n) is 6.47. The van der Waals surface area contributed by atoms with Gasteiger partial charge < -0.3 is 15.1 Å². The molecular formula is C17H21F3N4O3S. The fraction of sp³-hybridized carbons (Fsp3) is 0.529. The summed E-state index contributed by atoms with van der Waals surface area (Å²) < 4.78 is 37.5. The van der Waals surface area contributed by atoms with Crippen molar-refractivity contribution in [3.8, 4) is 0 Å². The summed E-state index contributed by atoms with van der Waals surface area (Å²) in [5.41, 5.74) is -0.842. The Kier molecular flexibility index (Phi) is 7.28. The first-order valence-electron chi connectivity index (χ1n) is 8.61. The van der Waals surface area contributed by atoms with E-state index in [0.29, 0.717) is 18.1 Å². The van der Waals surface area contributed by atoms with Crippen LogP contribution in [0.5, 0.6) is 0 Å². The first-order chi connectivity index (χ1) is 13.1.